The number of nitrogens with two attached hydrogens (primary N) is 1. The van der Waals surface area contributed by atoms with E-state index < -0.39 is 217 Å². The number of guanidine groups is 1. The van der Waals surface area contributed by atoms with Gasteiger partial charge in [0.25, 0.3) is 0 Å². The van der Waals surface area contributed by atoms with Crippen LogP contribution >= 0.6 is 0 Å². The fraction of sp³-hybridized carbons (Fsp3) is 0.519. The molecule has 702 valence electrons. The molecule has 8 rings (SSSR count). The van der Waals surface area contributed by atoms with Crippen LogP contribution in [-0.4, -0.2) is 330 Å². The number of phenols is 2. The summed E-state index contributed by atoms with van der Waals surface area (Å²) in [5.74, 6) is -16.2. The van der Waals surface area contributed by atoms with Gasteiger partial charge >= 0.3 is 5.97 Å². The van der Waals surface area contributed by atoms with Crippen LogP contribution in [0.3, 0.4) is 0 Å². The zero-order valence-electron chi connectivity index (χ0n) is 70.6. The Morgan fingerprint density at radius 1 is 0.667 bits per heavy atom. The number of aromatic carboxylic acids is 1. The molecule has 2 aromatic carbocycles. The minimum atomic E-state index is -2.01. The number of aliphatic hydroxyl groups excluding tert-OH is 4. The third-order valence-electron chi connectivity index (χ3n) is 21.3. The maximum absolute atomic E-state index is 15.6. The first-order chi connectivity index (χ1) is 61.3. The van der Waals surface area contributed by atoms with Gasteiger partial charge in [-0.1, -0.05) is 0 Å². The van der Waals surface area contributed by atoms with Crippen molar-refractivity contribution in [1.82, 2.24) is 93.7 Å². The molecule has 0 unspecified atom stereocenters. The van der Waals surface area contributed by atoms with Crippen molar-refractivity contribution in [1.29, 1.82) is 5.41 Å². The van der Waals surface area contributed by atoms with Gasteiger partial charge in [0.1, 0.15) is 71.4 Å². The summed E-state index contributed by atoms with van der Waals surface area (Å²) in [5.41, 5.74) is 5.10. The number of hydrogen-bond donors (Lipinski definition) is 24. The number of aromatic hydroxyl groups is 2. The molecular formula is C79H108FN23O26. The topological polar surface area (TPSA) is 725 Å². The molecule has 2 fully saturated rings. The number of anilines is 2. The maximum atomic E-state index is 15.6. The number of aromatic nitrogens is 2. The normalized spacial score (nSPS) is 18.7. The number of halogens is 1. The molecule has 50 heteroatoms. The number of carbonyl (C=O) groups excluding carboxylic acids is 15. The number of carbonyl (C=O) groups is 16. The minimum absolute atomic E-state index is 0.00262. The van der Waals surface area contributed by atoms with Gasteiger partial charge in [-0.15, -0.1) is 0 Å². The van der Waals surface area contributed by atoms with E-state index in [4.69, 9.17) is 11.1 Å². The number of piperazine rings is 1. The van der Waals surface area contributed by atoms with Crippen molar-refractivity contribution >= 4 is 147 Å². The van der Waals surface area contributed by atoms with Crippen molar-refractivity contribution in [3.8, 4) is 11.5 Å². The van der Waals surface area contributed by atoms with Crippen molar-refractivity contribution in [3.63, 3.8) is 0 Å². The molecule has 2 aromatic heterocycles. The molecule has 15 amide bonds. The molecule has 49 nitrogen and oxygen atoms in total. The summed E-state index contributed by atoms with van der Waals surface area (Å²) in [6.07, 6.45) is -3.88. The number of hydroxylamine groups is 4. The Kier molecular flexibility index (Phi) is 37.1. The number of hydrogen-bond acceptors (Lipinski definition) is 30. The van der Waals surface area contributed by atoms with Crippen molar-refractivity contribution in [3.05, 3.63) is 69.4 Å². The van der Waals surface area contributed by atoms with Crippen LogP contribution in [0.1, 0.15) is 120 Å². The SMILES string of the molecule is C[C@@H](O)[C@H]1NC(=O)[C@H](CCCN(O)C=O)NC(=O)[C@@H](NC(=O)[C@H](CCCN(O)C=O)NC(=O)[C@@H](CO)NC(=O)[C@H](CCCNC(=N)N)NC(=O)[C@@H](CO)NC(=O)[C@@H]2CCN=C3C(NC(=O)CCC(=O)NCCNC(=O)CCC(=O)N4CCN(c5cc6nc7c(cc6cc5F)c(=O)c(C(=O)O)cn7C)CC4)=Cc4cc(O)c(O)cc4N32)CCCCNC(=O)[C@@H]([C@@H](C)O)NC1=O. The lowest BCUT2D eigenvalue weighted by Gasteiger charge is -2.40. The summed E-state index contributed by atoms with van der Waals surface area (Å²) in [4.78, 5) is 241. The predicted octanol–water partition coefficient (Wildman–Crippen LogP) is -7.63. The van der Waals surface area contributed by atoms with E-state index in [0.29, 0.717) is 5.52 Å². The molecule has 4 aliphatic heterocycles. The van der Waals surface area contributed by atoms with Crippen LogP contribution in [-0.2, 0) is 79.0 Å². The van der Waals surface area contributed by atoms with Crippen molar-refractivity contribution in [2.24, 2.45) is 17.8 Å². The van der Waals surface area contributed by atoms with Crippen LogP contribution in [0.4, 0.5) is 15.8 Å². The first-order valence-corrected chi connectivity index (χ1v) is 41.4. The molecule has 0 bridgehead atoms. The van der Waals surface area contributed by atoms with Gasteiger partial charge in [0.15, 0.2) is 23.3 Å². The highest BCUT2D eigenvalue weighted by Gasteiger charge is 2.42. The molecule has 0 radical (unpaired) electrons. The number of aliphatic hydroxyl groups is 4. The highest BCUT2D eigenvalue weighted by molar-refractivity contribution is 6.20. The van der Waals surface area contributed by atoms with Crippen LogP contribution in [0.15, 0.2) is 52.0 Å². The fourth-order valence-corrected chi connectivity index (χ4v) is 14.4. The summed E-state index contributed by atoms with van der Waals surface area (Å²) in [7, 11) is 1.53. The lowest BCUT2D eigenvalue weighted by molar-refractivity contribution is -0.150. The minimum Gasteiger partial charge on any atom is -0.504 e. The average molecular weight is 1810 g/mol. The van der Waals surface area contributed by atoms with Crippen LogP contribution in [0.25, 0.3) is 28.0 Å². The Bertz CT molecular complexity index is 4990. The Morgan fingerprint density at radius 2 is 1.25 bits per heavy atom. The average Bonchev–Trinajstić information content (AvgIpc) is 0.750. The largest absolute Gasteiger partial charge is 0.504 e. The smallest absolute Gasteiger partial charge is 0.341 e. The lowest BCUT2D eigenvalue weighted by Crippen LogP contribution is -2.62. The van der Waals surface area contributed by atoms with Gasteiger partial charge in [-0.2, -0.15) is 0 Å². The molecule has 4 aliphatic rings. The van der Waals surface area contributed by atoms with Gasteiger partial charge in [0.2, 0.25) is 95.0 Å². The number of amidine groups is 1. The van der Waals surface area contributed by atoms with E-state index in [0.717, 1.165) is 25.3 Å². The summed E-state index contributed by atoms with van der Waals surface area (Å²) in [6, 6.07) is -9.26. The monoisotopic (exact) mass is 1810 g/mol. The number of nitrogens with zero attached hydrogens (tertiary/aromatic N) is 8. The number of carboxylic acids is 1. The molecule has 6 heterocycles. The van der Waals surface area contributed by atoms with E-state index in [1.54, 1.807) is 4.90 Å². The third-order valence-corrected chi connectivity index (χ3v) is 21.3. The van der Waals surface area contributed by atoms with E-state index in [2.05, 4.69) is 79.1 Å². The standard InChI is InChI=1S/C79H108FN23O26/c1-40(108)64-76(124)86-18-5-4-9-47(69(117)91-50(12-8-24-102(129)39-107)72(120)96-65(41(2)109)77(125)97-64)90-70(118)49(11-7-23-101(128)38-106)93-73(121)53(36-104)94-71(119)48(10-6-19-87-79(81)82)92-74(122)54(37-105)95-75(123)55-17-20-85-68-52(31-43-32-58(110)59(111)34-56(43)103(55)68)88-62(114)14-13-60(112)83-21-22-84-61(113)15-16-63(115)100-27-25-99(26-28-100)57-33-51-42(30-46(57)80)29-44-66(116)45(78(126)127)35-98(3)67(44)89-51/h29-35,38-41,47-50,53-55,64-65,104-105,108-111,128-129H,4-28,36-37H2,1-3H3,(H,83,112)(H,84,113)(H,86,124)(H,88,114)(H,90,118)(H,91,117)(H,92,122)(H,93,121)(H,94,119)(H,95,123)(H,96,120)(H,97,125)(H,126,127)(H4,81,82,87)/t40-,41-,47+,48+,49+,50+,53-,54-,55+,64-,65-/m1/s1. The summed E-state index contributed by atoms with van der Waals surface area (Å²) >= 11 is 0. The van der Waals surface area contributed by atoms with Crippen LogP contribution in [0.5, 0.6) is 11.5 Å². The Labute approximate surface area is 734 Å². The first-order valence-electron chi connectivity index (χ1n) is 41.4. The number of amides is 15. The summed E-state index contributed by atoms with van der Waals surface area (Å²) in [5, 5.41) is 133. The van der Waals surface area contributed by atoms with Crippen molar-refractivity contribution < 1.29 is 127 Å². The maximum Gasteiger partial charge on any atom is 0.341 e. The molecule has 2 saturated heterocycles. The van der Waals surface area contributed by atoms with E-state index in [1.165, 1.54) is 52.6 Å². The Morgan fingerprint density at radius 3 is 1.88 bits per heavy atom. The zero-order valence-corrected chi connectivity index (χ0v) is 70.6. The number of fused-ring (bicyclic) bond motifs is 5. The second-order valence-electron chi connectivity index (χ2n) is 30.9. The van der Waals surface area contributed by atoms with E-state index in [1.807, 2.05) is 0 Å². The molecule has 129 heavy (non-hydrogen) atoms. The predicted molar refractivity (Wildman–Crippen MR) is 450 cm³/mol. The fourth-order valence-electron chi connectivity index (χ4n) is 14.4. The molecular weight excluding hydrogens is 1710 g/mol. The van der Waals surface area contributed by atoms with Gasteiger partial charge in [-0.3, -0.25) is 97.5 Å². The number of aliphatic imine (C=N–C) groups is 1. The van der Waals surface area contributed by atoms with Crippen LogP contribution < -0.4 is 90.1 Å². The quantitative estimate of drug-likeness (QED) is 0.00287. The number of rotatable bonds is 40. The molecule has 11 atom stereocenters. The van der Waals surface area contributed by atoms with Crippen LogP contribution in [0, 0.1) is 11.2 Å². The molecule has 0 aliphatic carbocycles. The molecule has 4 aromatic rings. The van der Waals surface area contributed by atoms with E-state index in [9.17, 15) is 128 Å². The molecule has 0 saturated carbocycles. The Hall–Kier alpha value is -13.9. The van der Waals surface area contributed by atoms with Crippen LogP contribution in [0.2, 0.25) is 0 Å². The molecule has 25 N–H and O–H groups in total. The highest BCUT2D eigenvalue weighted by atomic mass is 19.1. The summed E-state index contributed by atoms with van der Waals surface area (Å²) in [6.45, 7) is -0.600. The number of phenolic OH excluding ortho intramolecular Hbond substituents is 2. The highest BCUT2D eigenvalue weighted by Crippen LogP contribution is 2.41. The second kappa shape index (κ2) is 47.6. The van der Waals surface area contributed by atoms with Gasteiger partial charge < -0.3 is 130 Å². The van der Waals surface area contributed by atoms with E-state index in [-0.39, 0.29) is 210 Å². The van der Waals surface area contributed by atoms with Gasteiger partial charge in [0.05, 0.1) is 53.4 Å². The van der Waals surface area contributed by atoms with Crippen molar-refractivity contribution in [2.75, 3.05) is 95.0 Å². The van der Waals surface area contributed by atoms with E-state index >= 15 is 4.39 Å². The van der Waals surface area contributed by atoms with Gasteiger partial charge in [-0.05, 0) is 108 Å². The number of aryl methyl sites for hydroxylation is 1. The number of nitrogens with one attached hydrogen (secondary N) is 14. The zero-order chi connectivity index (χ0) is 94.6. The van der Waals surface area contributed by atoms with Gasteiger partial charge in [0, 0.05) is 128 Å². The lowest BCUT2D eigenvalue weighted by atomic mass is 9.98. The molecule has 0 spiro atoms. The second-order valence-corrected chi connectivity index (χ2v) is 30.9. The summed E-state index contributed by atoms with van der Waals surface area (Å²) < 4.78 is 17.0. The number of benzene rings is 2. The van der Waals surface area contributed by atoms with Crippen molar-refractivity contribution in [2.45, 2.75) is 170 Å². The number of carboxylic acid groups (broad SMARTS) is 1. The number of pyridine rings is 2. The Balaban J connectivity index is 0.860. The van der Waals surface area contributed by atoms with Gasteiger partial charge in [-0.25, -0.2) is 24.3 Å². The third kappa shape index (κ3) is 28.1. The first kappa shape index (κ1) is 101.